The highest BCUT2D eigenvalue weighted by molar-refractivity contribution is 6.66. The smallest absolute Gasteiger partial charge is 0.454 e. The fourth-order valence-corrected chi connectivity index (χ4v) is 3.67. The molecule has 2 nitrogen and oxygen atoms in total. The van der Waals surface area contributed by atoms with Crippen molar-refractivity contribution in [3.05, 3.63) is 84.4 Å². The van der Waals surface area contributed by atoms with Gasteiger partial charge in [0.1, 0.15) is 11.5 Å². The van der Waals surface area contributed by atoms with Crippen LogP contribution in [0.1, 0.15) is 18.1 Å². The average Bonchev–Trinajstić information content (AvgIpc) is 2.54. The summed E-state index contributed by atoms with van der Waals surface area (Å²) < 4.78 is 12.2. The first-order chi connectivity index (χ1) is 10.5. The van der Waals surface area contributed by atoms with E-state index in [4.69, 9.17) is 8.85 Å². The topological polar surface area (TPSA) is 18.5 Å². The molecular formula is C19H22O2Si. The van der Waals surface area contributed by atoms with E-state index in [1.165, 1.54) is 0 Å². The second-order valence-electron chi connectivity index (χ2n) is 5.41. The van der Waals surface area contributed by atoms with E-state index in [9.17, 15) is 0 Å². The van der Waals surface area contributed by atoms with Crippen LogP contribution in [0.3, 0.4) is 0 Å². The fourth-order valence-electron chi connectivity index (χ4n) is 2.15. The molecule has 0 unspecified atom stereocenters. The Morgan fingerprint density at radius 3 is 1.86 bits per heavy atom. The Labute approximate surface area is 134 Å². The van der Waals surface area contributed by atoms with Crippen LogP contribution in [0.5, 0.6) is 0 Å². The van der Waals surface area contributed by atoms with Gasteiger partial charge in [0.25, 0.3) is 0 Å². The van der Waals surface area contributed by atoms with Gasteiger partial charge >= 0.3 is 8.56 Å². The lowest BCUT2D eigenvalue weighted by Gasteiger charge is -2.27. The summed E-state index contributed by atoms with van der Waals surface area (Å²) >= 11 is 0. The summed E-state index contributed by atoms with van der Waals surface area (Å²) in [4.78, 5) is 0. The molecule has 0 bridgehead atoms. The van der Waals surface area contributed by atoms with Crippen molar-refractivity contribution in [3.8, 4) is 0 Å². The molecule has 22 heavy (non-hydrogen) atoms. The highest BCUT2D eigenvalue weighted by Crippen LogP contribution is 2.25. The van der Waals surface area contributed by atoms with E-state index in [1.807, 2.05) is 86.8 Å². The van der Waals surface area contributed by atoms with E-state index < -0.39 is 8.56 Å². The summed E-state index contributed by atoms with van der Waals surface area (Å²) in [5.41, 5.74) is 2.04. The van der Waals surface area contributed by atoms with Gasteiger partial charge < -0.3 is 8.85 Å². The van der Waals surface area contributed by atoms with Crippen molar-refractivity contribution in [1.82, 2.24) is 0 Å². The molecule has 0 aromatic heterocycles. The molecule has 0 aliphatic carbocycles. The van der Waals surface area contributed by atoms with Gasteiger partial charge in [0.15, 0.2) is 0 Å². The van der Waals surface area contributed by atoms with Gasteiger partial charge in [-0.25, -0.2) is 0 Å². The Morgan fingerprint density at radius 2 is 1.36 bits per heavy atom. The molecule has 3 heteroatoms. The molecule has 0 aliphatic rings. The first-order valence-electron chi connectivity index (χ1n) is 7.36. The standard InChI is InChI=1S/C19H22O2Si/c1-5-19(18-14-10-7-11-15-18)21-22(3,4)20-16(2)17-12-8-6-9-13-17/h5-15H,2H2,1,3-4H3/b19-5-. The fraction of sp³-hybridized carbons (Fsp3) is 0.158. The molecule has 0 spiro atoms. The van der Waals surface area contributed by atoms with Crippen molar-refractivity contribution >= 4 is 20.1 Å². The van der Waals surface area contributed by atoms with Crippen LogP contribution in [-0.4, -0.2) is 8.56 Å². The SMILES string of the molecule is C=C(O[Si](C)(C)O/C(=C\C)c1ccccc1)c1ccccc1. The molecule has 114 valence electrons. The van der Waals surface area contributed by atoms with Gasteiger partial charge in [-0.3, -0.25) is 0 Å². The number of allylic oxidation sites excluding steroid dienone is 1. The van der Waals surface area contributed by atoms with Crippen LogP contribution in [0.15, 0.2) is 73.3 Å². The lowest BCUT2D eigenvalue weighted by Crippen LogP contribution is -2.33. The van der Waals surface area contributed by atoms with E-state index in [0.29, 0.717) is 5.76 Å². The molecule has 0 saturated heterocycles. The summed E-state index contributed by atoms with van der Waals surface area (Å²) in [6.07, 6.45) is 1.97. The predicted molar refractivity (Wildman–Crippen MR) is 95.2 cm³/mol. The Kier molecular flexibility index (Phi) is 5.23. The van der Waals surface area contributed by atoms with E-state index in [1.54, 1.807) is 0 Å². The minimum Gasteiger partial charge on any atom is -0.512 e. The third-order valence-electron chi connectivity index (χ3n) is 3.14. The summed E-state index contributed by atoms with van der Waals surface area (Å²) in [5.74, 6) is 1.50. The summed E-state index contributed by atoms with van der Waals surface area (Å²) in [5, 5.41) is 0. The molecule has 0 N–H and O–H groups in total. The van der Waals surface area contributed by atoms with Gasteiger partial charge in [-0.15, -0.1) is 0 Å². The summed E-state index contributed by atoms with van der Waals surface area (Å²) in [6, 6.07) is 20.0. The minimum atomic E-state index is -2.38. The maximum absolute atomic E-state index is 6.18. The third-order valence-corrected chi connectivity index (χ3v) is 4.59. The van der Waals surface area contributed by atoms with Crippen molar-refractivity contribution < 1.29 is 8.85 Å². The van der Waals surface area contributed by atoms with Crippen LogP contribution in [0, 0.1) is 0 Å². The first-order valence-corrected chi connectivity index (χ1v) is 10.2. The van der Waals surface area contributed by atoms with Crippen LogP contribution >= 0.6 is 0 Å². The van der Waals surface area contributed by atoms with Crippen molar-refractivity contribution in [2.75, 3.05) is 0 Å². The molecule has 0 amide bonds. The van der Waals surface area contributed by atoms with E-state index in [2.05, 4.69) is 6.58 Å². The van der Waals surface area contributed by atoms with Crippen LogP contribution in [0.4, 0.5) is 0 Å². The van der Waals surface area contributed by atoms with E-state index in [-0.39, 0.29) is 0 Å². The second-order valence-corrected chi connectivity index (χ2v) is 8.62. The van der Waals surface area contributed by atoms with E-state index in [0.717, 1.165) is 16.9 Å². The normalized spacial score (nSPS) is 11.9. The van der Waals surface area contributed by atoms with Crippen molar-refractivity contribution in [1.29, 1.82) is 0 Å². The molecule has 0 fully saturated rings. The predicted octanol–water partition coefficient (Wildman–Crippen LogP) is 5.45. The zero-order valence-corrected chi connectivity index (χ0v) is 14.4. The lowest BCUT2D eigenvalue weighted by molar-refractivity contribution is 0.353. The van der Waals surface area contributed by atoms with Gasteiger partial charge in [-0.05, 0) is 13.0 Å². The molecule has 0 radical (unpaired) electrons. The molecule has 2 aromatic rings. The number of hydrogen-bond donors (Lipinski definition) is 0. The minimum absolute atomic E-state index is 0.654. The molecule has 0 atom stereocenters. The zero-order chi connectivity index (χ0) is 16.0. The highest BCUT2D eigenvalue weighted by Gasteiger charge is 2.30. The van der Waals surface area contributed by atoms with E-state index >= 15 is 0 Å². The first kappa shape index (κ1) is 16.1. The third kappa shape index (κ3) is 4.37. The van der Waals surface area contributed by atoms with Crippen molar-refractivity contribution in [2.24, 2.45) is 0 Å². The second kappa shape index (κ2) is 7.14. The van der Waals surface area contributed by atoms with Crippen LogP contribution < -0.4 is 0 Å². The van der Waals surface area contributed by atoms with Gasteiger partial charge in [0, 0.05) is 24.2 Å². The van der Waals surface area contributed by atoms with Gasteiger partial charge in [0.05, 0.1) is 0 Å². The van der Waals surface area contributed by atoms with Crippen LogP contribution in [0.25, 0.3) is 11.5 Å². The molecular weight excluding hydrogens is 288 g/mol. The van der Waals surface area contributed by atoms with Crippen LogP contribution in [-0.2, 0) is 8.85 Å². The molecule has 0 heterocycles. The number of benzene rings is 2. The average molecular weight is 310 g/mol. The summed E-state index contributed by atoms with van der Waals surface area (Å²) in [7, 11) is -2.38. The van der Waals surface area contributed by atoms with Crippen molar-refractivity contribution in [2.45, 2.75) is 20.0 Å². The van der Waals surface area contributed by atoms with Crippen molar-refractivity contribution in [3.63, 3.8) is 0 Å². The zero-order valence-electron chi connectivity index (χ0n) is 13.4. The molecule has 2 aromatic carbocycles. The van der Waals surface area contributed by atoms with Gasteiger partial charge in [0.2, 0.25) is 0 Å². The maximum atomic E-state index is 6.18. The Hall–Kier alpha value is -2.26. The Balaban J connectivity index is 2.09. The largest absolute Gasteiger partial charge is 0.512 e. The lowest BCUT2D eigenvalue weighted by atomic mass is 10.2. The Bertz CT molecular complexity index is 646. The number of hydrogen-bond acceptors (Lipinski definition) is 2. The quantitative estimate of drug-likeness (QED) is 0.521. The van der Waals surface area contributed by atoms with Gasteiger partial charge in [-0.1, -0.05) is 67.2 Å². The molecule has 0 saturated carbocycles. The van der Waals surface area contributed by atoms with Gasteiger partial charge in [-0.2, -0.15) is 0 Å². The maximum Gasteiger partial charge on any atom is 0.454 e. The Morgan fingerprint density at radius 1 is 0.864 bits per heavy atom. The van der Waals surface area contributed by atoms with Crippen LogP contribution in [0.2, 0.25) is 13.1 Å². The monoisotopic (exact) mass is 310 g/mol. The summed E-state index contributed by atoms with van der Waals surface area (Å²) in [6.45, 7) is 10.0. The number of rotatable bonds is 6. The highest BCUT2D eigenvalue weighted by atomic mass is 28.4. The molecule has 2 rings (SSSR count). The molecule has 0 aliphatic heterocycles.